The van der Waals surface area contributed by atoms with Crippen molar-refractivity contribution in [2.45, 2.75) is 19.9 Å². The van der Waals surface area contributed by atoms with Crippen LogP contribution in [0.2, 0.25) is 0 Å². The molecule has 1 rings (SSSR count). The van der Waals surface area contributed by atoms with Gasteiger partial charge in [0.25, 0.3) is 0 Å². The van der Waals surface area contributed by atoms with Crippen LogP contribution >= 0.6 is 22.6 Å². The van der Waals surface area contributed by atoms with Crippen molar-refractivity contribution < 1.29 is 9.59 Å². The van der Waals surface area contributed by atoms with Gasteiger partial charge in [0, 0.05) is 9.26 Å². The number of carbonyl (C=O) groups is 2. The molecule has 1 aromatic rings. The number of hydrogen-bond acceptors (Lipinski definition) is 2. The average Bonchev–Trinajstić information content (AvgIpc) is 2.28. The first-order valence-electron chi connectivity index (χ1n) is 5.52. The van der Waals surface area contributed by atoms with E-state index < -0.39 is 12.1 Å². The van der Waals surface area contributed by atoms with E-state index in [1.54, 1.807) is 12.1 Å². The minimum Gasteiger partial charge on any atom is -0.352 e. The van der Waals surface area contributed by atoms with Crippen LogP contribution in [0.4, 0.5) is 10.5 Å². The summed E-state index contributed by atoms with van der Waals surface area (Å²) in [5, 5.41) is 5.18. The van der Waals surface area contributed by atoms with Gasteiger partial charge in [0.1, 0.15) is 6.04 Å². The van der Waals surface area contributed by atoms with E-state index in [1.807, 2.05) is 26.0 Å². The molecule has 0 bridgehead atoms. The molecule has 18 heavy (non-hydrogen) atoms. The summed E-state index contributed by atoms with van der Waals surface area (Å²) in [5.74, 6) is -0.314. The number of nitrogens with two attached hydrogens (primary N) is 1. The Bertz CT molecular complexity index is 431. The lowest BCUT2D eigenvalue weighted by Gasteiger charge is -2.20. The molecule has 1 aromatic carbocycles. The number of primary amides is 1. The number of halogens is 1. The average molecular weight is 361 g/mol. The number of anilines is 1. The molecule has 6 heteroatoms. The van der Waals surface area contributed by atoms with Crippen LogP contribution < -0.4 is 16.4 Å². The number of urea groups is 1. The predicted octanol–water partition coefficient (Wildman–Crippen LogP) is 1.92. The molecule has 0 aliphatic rings. The van der Waals surface area contributed by atoms with Gasteiger partial charge in [-0.25, -0.2) is 4.79 Å². The maximum absolute atomic E-state index is 12.0. The summed E-state index contributed by atoms with van der Waals surface area (Å²) >= 11 is 2.18. The van der Waals surface area contributed by atoms with Gasteiger partial charge >= 0.3 is 6.03 Å². The topological polar surface area (TPSA) is 84.2 Å². The van der Waals surface area contributed by atoms with E-state index >= 15 is 0 Å². The summed E-state index contributed by atoms with van der Waals surface area (Å²) in [6.45, 7) is 3.68. The highest BCUT2D eigenvalue weighted by atomic mass is 127. The molecule has 1 atom stereocenters. The second-order valence-electron chi connectivity index (χ2n) is 4.23. The Morgan fingerprint density at radius 3 is 2.22 bits per heavy atom. The molecule has 4 N–H and O–H groups in total. The third-order valence-corrected chi connectivity index (χ3v) is 3.08. The summed E-state index contributed by atoms with van der Waals surface area (Å²) in [6, 6.07) is 6.06. The third-order valence-electron chi connectivity index (χ3n) is 2.36. The van der Waals surface area contributed by atoms with Crippen LogP contribution in [0.25, 0.3) is 0 Å². The van der Waals surface area contributed by atoms with Crippen LogP contribution in [-0.4, -0.2) is 18.0 Å². The molecular weight excluding hydrogens is 345 g/mol. The Kier molecular flexibility index (Phi) is 5.39. The Morgan fingerprint density at radius 1 is 1.22 bits per heavy atom. The van der Waals surface area contributed by atoms with Crippen LogP contribution in [-0.2, 0) is 4.79 Å². The quantitative estimate of drug-likeness (QED) is 0.716. The molecule has 0 aromatic heterocycles. The first kappa shape index (κ1) is 14.7. The van der Waals surface area contributed by atoms with Crippen molar-refractivity contribution in [3.05, 3.63) is 27.8 Å². The van der Waals surface area contributed by atoms with Crippen molar-refractivity contribution in [3.63, 3.8) is 0 Å². The summed E-state index contributed by atoms with van der Waals surface area (Å²) < 4.78 is 1.08. The van der Waals surface area contributed by atoms with E-state index in [9.17, 15) is 9.59 Å². The van der Waals surface area contributed by atoms with Gasteiger partial charge in [-0.2, -0.15) is 0 Å². The number of hydrogen-bond donors (Lipinski definition) is 3. The maximum Gasteiger partial charge on any atom is 0.312 e. The van der Waals surface area contributed by atoms with Crippen LogP contribution in [0.5, 0.6) is 0 Å². The summed E-state index contributed by atoms with van der Waals surface area (Å²) in [7, 11) is 0. The Balaban J connectivity index is 2.72. The second-order valence-corrected chi connectivity index (χ2v) is 5.47. The van der Waals surface area contributed by atoms with Gasteiger partial charge in [-0.1, -0.05) is 13.8 Å². The molecule has 0 radical (unpaired) electrons. The minimum absolute atomic E-state index is 0.0404. The lowest BCUT2D eigenvalue weighted by molar-refractivity contribution is -0.118. The Labute approximate surface area is 120 Å². The van der Waals surface area contributed by atoms with Crippen molar-refractivity contribution in [2.24, 2.45) is 11.7 Å². The number of nitrogens with one attached hydrogen (secondary N) is 2. The second kappa shape index (κ2) is 6.58. The van der Waals surface area contributed by atoms with Gasteiger partial charge in [-0.05, 0) is 52.8 Å². The number of amides is 3. The fourth-order valence-corrected chi connectivity index (χ4v) is 1.80. The monoisotopic (exact) mass is 361 g/mol. The highest BCUT2D eigenvalue weighted by Gasteiger charge is 2.23. The van der Waals surface area contributed by atoms with E-state index in [0.29, 0.717) is 5.69 Å². The normalized spacial score (nSPS) is 12.0. The molecule has 0 unspecified atom stereocenters. The van der Waals surface area contributed by atoms with Gasteiger partial charge in [0.2, 0.25) is 5.91 Å². The van der Waals surface area contributed by atoms with E-state index in [2.05, 4.69) is 33.2 Å². The zero-order valence-electron chi connectivity index (χ0n) is 10.2. The van der Waals surface area contributed by atoms with E-state index in [-0.39, 0.29) is 11.8 Å². The van der Waals surface area contributed by atoms with Crippen molar-refractivity contribution in [3.8, 4) is 0 Å². The molecule has 0 spiro atoms. The SMILES string of the molecule is CC(C)[C@@H](NC(N)=O)C(=O)Nc1ccc(I)cc1. The largest absolute Gasteiger partial charge is 0.352 e. The summed E-state index contributed by atoms with van der Waals surface area (Å²) in [5.41, 5.74) is 5.74. The number of benzene rings is 1. The lowest BCUT2D eigenvalue weighted by atomic mass is 10.0. The fourth-order valence-electron chi connectivity index (χ4n) is 1.44. The number of rotatable bonds is 4. The standard InChI is InChI=1S/C12H16IN3O2/c1-7(2)10(16-12(14)18)11(17)15-9-5-3-8(13)4-6-9/h3-7,10H,1-2H3,(H,15,17)(H3,14,16,18)/t10-/m1/s1. The van der Waals surface area contributed by atoms with Gasteiger partial charge in [0.15, 0.2) is 0 Å². The van der Waals surface area contributed by atoms with Gasteiger partial charge < -0.3 is 16.4 Å². The van der Waals surface area contributed by atoms with E-state index in [4.69, 9.17) is 5.73 Å². The molecule has 0 fully saturated rings. The highest BCUT2D eigenvalue weighted by molar-refractivity contribution is 14.1. The first-order valence-corrected chi connectivity index (χ1v) is 6.60. The van der Waals surface area contributed by atoms with Crippen molar-refractivity contribution in [1.82, 2.24) is 5.32 Å². The lowest BCUT2D eigenvalue weighted by Crippen LogP contribution is -2.49. The van der Waals surface area contributed by atoms with E-state index in [1.165, 1.54) is 0 Å². The molecule has 5 nitrogen and oxygen atoms in total. The van der Waals surface area contributed by atoms with Gasteiger partial charge in [0.05, 0.1) is 0 Å². The zero-order chi connectivity index (χ0) is 13.7. The molecule has 0 saturated carbocycles. The third kappa shape index (κ3) is 4.52. The number of carbonyl (C=O) groups excluding carboxylic acids is 2. The van der Waals surface area contributed by atoms with Crippen LogP contribution in [0.15, 0.2) is 24.3 Å². The zero-order valence-corrected chi connectivity index (χ0v) is 12.4. The summed E-state index contributed by atoms with van der Waals surface area (Å²) in [6.07, 6.45) is 0. The molecule has 98 valence electrons. The molecule has 0 heterocycles. The first-order chi connectivity index (χ1) is 8.40. The molecular formula is C12H16IN3O2. The molecule has 3 amide bonds. The Morgan fingerprint density at radius 2 is 1.78 bits per heavy atom. The predicted molar refractivity (Wildman–Crippen MR) is 79.1 cm³/mol. The van der Waals surface area contributed by atoms with Crippen LogP contribution in [0.3, 0.4) is 0 Å². The summed E-state index contributed by atoms with van der Waals surface area (Å²) in [4.78, 5) is 22.8. The van der Waals surface area contributed by atoms with Crippen LogP contribution in [0.1, 0.15) is 13.8 Å². The van der Waals surface area contributed by atoms with Crippen molar-refractivity contribution in [2.75, 3.05) is 5.32 Å². The highest BCUT2D eigenvalue weighted by Crippen LogP contribution is 2.12. The maximum atomic E-state index is 12.0. The molecule has 0 aliphatic carbocycles. The van der Waals surface area contributed by atoms with Crippen molar-refractivity contribution >= 4 is 40.2 Å². The van der Waals surface area contributed by atoms with Crippen LogP contribution in [0, 0.1) is 9.49 Å². The van der Waals surface area contributed by atoms with Crippen molar-refractivity contribution in [1.29, 1.82) is 0 Å². The fraction of sp³-hybridized carbons (Fsp3) is 0.333. The molecule has 0 aliphatic heterocycles. The van der Waals surface area contributed by atoms with E-state index in [0.717, 1.165) is 3.57 Å². The molecule has 0 saturated heterocycles. The van der Waals surface area contributed by atoms with Gasteiger partial charge in [-0.15, -0.1) is 0 Å². The smallest absolute Gasteiger partial charge is 0.312 e. The Hall–Kier alpha value is -1.31. The minimum atomic E-state index is -0.702. The van der Waals surface area contributed by atoms with Gasteiger partial charge in [-0.3, -0.25) is 4.79 Å².